The molecule has 4 rings (SSSR count). The Morgan fingerprint density at radius 3 is 2.62 bits per heavy atom. The third kappa shape index (κ3) is 4.90. The van der Waals surface area contributed by atoms with Crippen LogP contribution in [0.15, 0.2) is 53.4 Å². The summed E-state index contributed by atoms with van der Waals surface area (Å²) in [5, 5.41) is 0.532. The van der Waals surface area contributed by atoms with E-state index >= 15 is 0 Å². The first-order valence-corrected chi connectivity index (χ1v) is 12.0. The van der Waals surface area contributed by atoms with Crippen molar-refractivity contribution in [2.24, 2.45) is 0 Å². The molecule has 0 aliphatic carbocycles. The summed E-state index contributed by atoms with van der Waals surface area (Å²) in [5.74, 6) is -0.232. The minimum Gasteiger partial charge on any atom is -0.485 e. The van der Waals surface area contributed by atoms with Gasteiger partial charge in [-0.05, 0) is 49.7 Å². The molecule has 0 aromatic heterocycles. The zero-order valence-electron chi connectivity index (χ0n) is 18.1. The van der Waals surface area contributed by atoms with Crippen LogP contribution in [0.5, 0.6) is 5.75 Å². The van der Waals surface area contributed by atoms with Crippen LogP contribution in [-0.2, 0) is 14.3 Å². The number of fused-ring (bicyclic) bond motifs is 1. The largest absolute Gasteiger partial charge is 0.485 e. The average Bonchev–Trinajstić information content (AvgIpc) is 2.96. The van der Waals surface area contributed by atoms with Crippen molar-refractivity contribution in [3.8, 4) is 5.75 Å². The fourth-order valence-electron chi connectivity index (χ4n) is 4.22. The molecule has 2 aromatic rings. The summed E-state index contributed by atoms with van der Waals surface area (Å²) >= 11 is 7.36. The summed E-state index contributed by atoms with van der Waals surface area (Å²) in [7, 11) is 1.32. The first kappa shape index (κ1) is 23.0. The number of anilines is 1. The predicted molar refractivity (Wildman–Crippen MR) is 127 cm³/mol. The number of piperazine rings is 1. The number of nitrogens with zero attached hydrogens (tertiary/aromatic N) is 2. The van der Waals surface area contributed by atoms with Gasteiger partial charge >= 0.3 is 5.97 Å². The van der Waals surface area contributed by atoms with Gasteiger partial charge < -0.3 is 14.4 Å². The fraction of sp³-hybridized carbons (Fsp3) is 0.417. The van der Waals surface area contributed by atoms with E-state index in [4.69, 9.17) is 21.1 Å². The SMILES string of the molecule is COC(=O)C1(CCCN2CCN(c3ccccc3)CC2)Sc2cc(Cl)ccc2OCC1=O. The van der Waals surface area contributed by atoms with E-state index in [1.807, 2.05) is 6.07 Å². The molecular weight excluding hydrogens is 448 g/mol. The molecule has 0 saturated carbocycles. The Bertz CT molecular complexity index is 966. The zero-order chi connectivity index (χ0) is 22.6. The Balaban J connectivity index is 1.40. The summed E-state index contributed by atoms with van der Waals surface area (Å²) in [6, 6.07) is 15.6. The summed E-state index contributed by atoms with van der Waals surface area (Å²) in [5.41, 5.74) is 1.24. The Labute approximate surface area is 197 Å². The van der Waals surface area contributed by atoms with Crippen LogP contribution in [0.25, 0.3) is 0 Å². The lowest BCUT2D eigenvalue weighted by molar-refractivity contribution is -0.147. The molecule has 170 valence electrons. The molecule has 2 aliphatic rings. The van der Waals surface area contributed by atoms with Crippen molar-refractivity contribution in [3.63, 3.8) is 0 Å². The number of methoxy groups -OCH3 is 1. The van der Waals surface area contributed by atoms with Gasteiger partial charge in [0.1, 0.15) is 12.4 Å². The second kappa shape index (κ2) is 10.1. The van der Waals surface area contributed by atoms with Crippen LogP contribution >= 0.6 is 23.4 Å². The quantitative estimate of drug-likeness (QED) is 0.464. The minimum atomic E-state index is -1.32. The lowest BCUT2D eigenvalue weighted by atomic mass is 9.97. The molecule has 0 N–H and O–H groups in total. The lowest BCUT2D eigenvalue weighted by Crippen LogP contribution is -2.48. The molecule has 2 heterocycles. The highest BCUT2D eigenvalue weighted by molar-refractivity contribution is 8.02. The number of ketones is 1. The third-order valence-corrected chi connectivity index (χ3v) is 7.73. The maximum Gasteiger partial charge on any atom is 0.330 e. The zero-order valence-corrected chi connectivity index (χ0v) is 19.7. The summed E-state index contributed by atoms with van der Waals surface area (Å²) in [6.07, 6.45) is 1.09. The van der Waals surface area contributed by atoms with E-state index in [1.54, 1.807) is 18.2 Å². The standard InChI is InChI=1S/C24H27ClN2O4S/c1-30-23(29)24(22(28)17-31-20-9-8-18(25)16-21(20)32-24)10-5-11-26-12-14-27(15-13-26)19-6-3-2-4-7-19/h2-4,6-9,16H,5,10-15,17H2,1H3. The van der Waals surface area contributed by atoms with Gasteiger partial charge in [0.25, 0.3) is 0 Å². The molecule has 1 atom stereocenters. The number of hydrogen-bond acceptors (Lipinski definition) is 7. The Hall–Kier alpha value is -2.22. The summed E-state index contributed by atoms with van der Waals surface area (Å²) in [6.45, 7) is 4.47. The van der Waals surface area contributed by atoms with E-state index in [0.717, 1.165) is 32.7 Å². The lowest BCUT2D eigenvalue weighted by Gasteiger charge is -2.36. The van der Waals surface area contributed by atoms with Crippen molar-refractivity contribution in [2.45, 2.75) is 22.5 Å². The number of hydrogen-bond donors (Lipinski definition) is 0. The van der Waals surface area contributed by atoms with Crippen LogP contribution in [0, 0.1) is 0 Å². The van der Waals surface area contributed by atoms with Gasteiger partial charge in [0.05, 0.1) is 12.0 Å². The second-order valence-corrected chi connectivity index (χ2v) is 9.77. The Morgan fingerprint density at radius 1 is 1.16 bits per heavy atom. The molecule has 0 amide bonds. The van der Waals surface area contributed by atoms with Crippen molar-refractivity contribution in [1.82, 2.24) is 4.90 Å². The highest BCUT2D eigenvalue weighted by atomic mass is 35.5. The fourth-order valence-corrected chi connectivity index (χ4v) is 5.83. The van der Waals surface area contributed by atoms with Crippen LogP contribution in [0.1, 0.15) is 12.8 Å². The van der Waals surface area contributed by atoms with Crippen LogP contribution in [0.3, 0.4) is 0 Å². The Kier molecular flexibility index (Phi) is 7.28. The highest BCUT2D eigenvalue weighted by Gasteiger charge is 2.49. The number of carbonyl (C=O) groups excluding carboxylic acids is 2. The van der Waals surface area contributed by atoms with Gasteiger partial charge in [0.15, 0.2) is 10.5 Å². The molecule has 0 bridgehead atoms. The topological polar surface area (TPSA) is 59.1 Å². The first-order valence-electron chi connectivity index (χ1n) is 10.8. The van der Waals surface area contributed by atoms with Crippen molar-refractivity contribution in [1.29, 1.82) is 0 Å². The summed E-state index contributed by atoms with van der Waals surface area (Å²) in [4.78, 5) is 31.4. The number of benzene rings is 2. The van der Waals surface area contributed by atoms with Crippen molar-refractivity contribution < 1.29 is 19.1 Å². The molecule has 1 saturated heterocycles. The van der Waals surface area contributed by atoms with E-state index in [-0.39, 0.29) is 12.4 Å². The van der Waals surface area contributed by atoms with Crippen molar-refractivity contribution in [3.05, 3.63) is 53.6 Å². The van der Waals surface area contributed by atoms with Gasteiger partial charge in [0, 0.05) is 36.9 Å². The van der Waals surface area contributed by atoms with Crippen molar-refractivity contribution >= 4 is 40.8 Å². The molecule has 6 nitrogen and oxygen atoms in total. The molecule has 32 heavy (non-hydrogen) atoms. The van der Waals surface area contributed by atoms with Crippen LogP contribution < -0.4 is 9.64 Å². The van der Waals surface area contributed by atoms with Gasteiger partial charge in [-0.1, -0.05) is 41.6 Å². The normalized spacial score (nSPS) is 21.4. The van der Waals surface area contributed by atoms with Gasteiger partial charge in [-0.15, -0.1) is 0 Å². The molecule has 0 radical (unpaired) electrons. The smallest absolute Gasteiger partial charge is 0.330 e. The molecular formula is C24H27ClN2O4S. The number of Topliss-reactive ketones (excluding diaryl/α,β-unsaturated/α-hetero) is 1. The van der Waals surface area contributed by atoms with Crippen LogP contribution in [0.4, 0.5) is 5.69 Å². The van der Waals surface area contributed by atoms with E-state index in [9.17, 15) is 9.59 Å². The van der Waals surface area contributed by atoms with Gasteiger partial charge in [0.2, 0.25) is 0 Å². The molecule has 2 aliphatic heterocycles. The number of esters is 1. The molecule has 8 heteroatoms. The predicted octanol–water partition coefficient (Wildman–Crippen LogP) is 3.91. The number of para-hydroxylation sites is 1. The second-order valence-electron chi connectivity index (χ2n) is 7.99. The average molecular weight is 475 g/mol. The first-order chi connectivity index (χ1) is 15.5. The van der Waals surface area contributed by atoms with Crippen molar-refractivity contribution in [2.75, 3.05) is 51.3 Å². The van der Waals surface area contributed by atoms with Gasteiger partial charge in [-0.2, -0.15) is 0 Å². The number of carbonyl (C=O) groups is 2. The Morgan fingerprint density at radius 2 is 1.91 bits per heavy atom. The van der Waals surface area contributed by atoms with Gasteiger partial charge in [-0.25, -0.2) is 0 Å². The number of ether oxygens (including phenoxy) is 2. The van der Waals surface area contributed by atoms with Crippen LogP contribution in [-0.4, -0.2) is 67.8 Å². The van der Waals surface area contributed by atoms with E-state index < -0.39 is 10.7 Å². The van der Waals surface area contributed by atoms with Gasteiger partial charge in [-0.3, -0.25) is 14.5 Å². The van der Waals surface area contributed by atoms with E-state index in [1.165, 1.54) is 24.6 Å². The molecule has 2 aromatic carbocycles. The molecule has 1 unspecified atom stereocenters. The monoisotopic (exact) mass is 474 g/mol. The number of rotatable bonds is 6. The van der Waals surface area contributed by atoms with E-state index in [0.29, 0.717) is 28.5 Å². The summed E-state index contributed by atoms with van der Waals surface area (Å²) < 4.78 is 9.42. The number of halogens is 1. The third-order valence-electron chi connectivity index (χ3n) is 6.01. The molecule has 1 fully saturated rings. The maximum absolute atomic E-state index is 13.1. The van der Waals surface area contributed by atoms with E-state index in [2.05, 4.69) is 34.1 Å². The minimum absolute atomic E-state index is 0.160. The van der Waals surface area contributed by atoms with Crippen LogP contribution in [0.2, 0.25) is 5.02 Å². The maximum atomic E-state index is 13.1. The molecule has 0 spiro atoms. The number of thioether (sulfide) groups is 1. The highest BCUT2D eigenvalue weighted by Crippen LogP contribution is 2.45.